The first-order valence-corrected chi connectivity index (χ1v) is 8.41. The van der Waals surface area contributed by atoms with Crippen LogP contribution in [0.25, 0.3) is 0 Å². The van der Waals surface area contributed by atoms with Crippen LogP contribution in [0, 0.1) is 0 Å². The molecule has 0 saturated carbocycles. The van der Waals surface area contributed by atoms with Crippen LogP contribution in [0.3, 0.4) is 0 Å². The van der Waals surface area contributed by atoms with Gasteiger partial charge in [-0.3, -0.25) is 4.21 Å². The number of hydrogen-bond acceptors (Lipinski definition) is 3. The second-order valence-corrected chi connectivity index (χ2v) is 6.51. The van der Waals surface area contributed by atoms with Crippen LogP contribution in [0.5, 0.6) is 0 Å². The van der Waals surface area contributed by atoms with Crippen molar-refractivity contribution in [1.82, 2.24) is 4.98 Å². The van der Waals surface area contributed by atoms with Crippen LogP contribution in [0.15, 0.2) is 12.1 Å². The Bertz CT molecular complexity index is 429. The topological polar surface area (TPSA) is 33.2 Å². The molecule has 1 aliphatic rings. The van der Waals surface area contributed by atoms with Gasteiger partial charge in [0.25, 0.3) is 0 Å². The van der Waals surface area contributed by atoms with Crippen LogP contribution in [0.4, 0.5) is 5.82 Å². The molecule has 1 aromatic heterocycles. The summed E-state index contributed by atoms with van der Waals surface area (Å²) in [6, 6.07) is 4.14. The largest absolute Gasteiger partial charge is 0.355 e. The molecule has 0 aliphatic carbocycles. The lowest BCUT2D eigenvalue weighted by Gasteiger charge is -2.28. The third-order valence-electron chi connectivity index (χ3n) is 3.09. The number of hydrogen-bond donors (Lipinski definition) is 0. The first-order chi connectivity index (χ1) is 8.72. The summed E-state index contributed by atoms with van der Waals surface area (Å²) in [6.07, 6.45) is 2.07. The molecular formula is C13H19ClN2OS. The molecule has 0 radical (unpaired) electrons. The summed E-state index contributed by atoms with van der Waals surface area (Å²) in [5.74, 6) is 3.01. The van der Waals surface area contributed by atoms with E-state index in [1.807, 2.05) is 0 Å². The highest BCUT2D eigenvalue weighted by molar-refractivity contribution is 7.85. The standard InChI is InChI=1S/C13H19ClN2OS/c1-2-3-12-8-11(10-14)9-13(15-12)16-4-6-18(17)7-5-16/h8-9H,2-7,10H2,1H3. The van der Waals surface area contributed by atoms with E-state index in [-0.39, 0.29) is 0 Å². The fourth-order valence-corrected chi connectivity index (χ4v) is 3.33. The van der Waals surface area contributed by atoms with Gasteiger partial charge < -0.3 is 4.90 Å². The molecule has 3 nitrogen and oxygen atoms in total. The predicted octanol–water partition coefficient (Wildman–Crippen LogP) is 2.34. The highest BCUT2D eigenvalue weighted by Crippen LogP contribution is 2.19. The van der Waals surface area contributed by atoms with Gasteiger partial charge in [-0.25, -0.2) is 4.98 Å². The monoisotopic (exact) mass is 286 g/mol. The number of rotatable bonds is 4. The van der Waals surface area contributed by atoms with E-state index in [2.05, 4.69) is 28.9 Å². The molecule has 0 atom stereocenters. The molecule has 0 aromatic carbocycles. The number of alkyl halides is 1. The molecule has 1 saturated heterocycles. The van der Waals surface area contributed by atoms with Crippen molar-refractivity contribution in [3.8, 4) is 0 Å². The van der Waals surface area contributed by atoms with Gasteiger partial charge in [0.1, 0.15) is 5.82 Å². The number of anilines is 1. The van der Waals surface area contributed by atoms with E-state index in [0.717, 1.165) is 54.5 Å². The van der Waals surface area contributed by atoms with Gasteiger partial charge >= 0.3 is 0 Å². The Morgan fingerprint density at radius 3 is 2.72 bits per heavy atom. The van der Waals surface area contributed by atoms with E-state index in [1.165, 1.54) is 0 Å². The minimum atomic E-state index is -0.646. The molecule has 0 spiro atoms. The number of aromatic nitrogens is 1. The van der Waals surface area contributed by atoms with Crippen molar-refractivity contribution in [2.24, 2.45) is 0 Å². The summed E-state index contributed by atoms with van der Waals surface area (Å²) in [6.45, 7) is 3.81. The highest BCUT2D eigenvalue weighted by Gasteiger charge is 2.17. The summed E-state index contributed by atoms with van der Waals surface area (Å²) in [7, 11) is -0.646. The van der Waals surface area contributed by atoms with E-state index in [4.69, 9.17) is 11.6 Å². The minimum absolute atomic E-state index is 0.520. The van der Waals surface area contributed by atoms with Crippen molar-refractivity contribution in [3.63, 3.8) is 0 Å². The van der Waals surface area contributed by atoms with Gasteiger partial charge in [0, 0.05) is 47.0 Å². The molecular weight excluding hydrogens is 268 g/mol. The molecule has 0 unspecified atom stereocenters. The maximum atomic E-state index is 11.4. The lowest BCUT2D eigenvalue weighted by atomic mass is 10.1. The molecule has 0 bridgehead atoms. The van der Waals surface area contributed by atoms with Gasteiger partial charge in [0.2, 0.25) is 0 Å². The fraction of sp³-hybridized carbons (Fsp3) is 0.615. The molecule has 0 N–H and O–H groups in total. The Labute approximate surface area is 116 Å². The zero-order valence-electron chi connectivity index (χ0n) is 10.7. The van der Waals surface area contributed by atoms with Gasteiger partial charge in [-0.05, 0) is 24.1 Å². The maximum Gasteiger partial charge on any atom is 0.129 e. The Kier molecular flexibility index (Phi) is 5.01. The molecule has 2 rings (SSSR count). The van der Waals surface area contributed by atoms with Crippen LogP contribution in [0.1, 0.15) is 24.6 Å². The van der Waals surface area contributed by atoms with Crippen molar-refractivity contribution in [2.45, 2.75) is 25.6 Å². The average molecular weight is 287 g/mol. The SMILES string of the molecule is CCCc1cc(CCl)cc(N2CCS(=O)CC2)n1. The Balaban J connectivity index is 2.20. The van der Waals surface area contributed by atoms with Crippen LogP contribution in [-0.4, -0.2) is 33.8 Å². The summed E-state index contributed by atoms with van der Waals surface area (Å²) < 4.78 is 11.4. The highest BCUT2D eigenvalue weighted by atomic mass is 35.5. The summed E-state index contributed by atoms with van der Waals surface area (Å²) in [5.41, 5.74) is 2.23. The lowest BCUT2D eigenvalue weighted by molar-refractivity contribution is 0.672. The second kappa shape index (κ2) is 6.53. The molecule has 1 fully saturated rings. The zero-order chi connectivity index (χ0) is 13.0. The van der Waals surface area contributed by atoms with Gasteiger partial charge in [-0.1, -0.05) is 13.3 Å². The number of aryl methyl sites for hydroxylation is 1. The van der Waals surface area contributed by atoms with E-state index >= 15 is 0 Å². The number of nitrogens with zero attached hydrogens (tertiary/aromatic N) is 2. The molecule has 18 heavy (non-hydrogen) atoms. The number of pyridine rings is 1. The van der Waals surface area contributed by atoms with Crippen molar-refractivity contribution >= 4 is 28.2 Å². The van der Waals surface area contributed by atoms with E-state index in [9.17, 15) is 4.21 Å². The van der Waals surface area contributed by atoms with Crippen molar-refractivity contribution < 1.29 is 4.21 Å². The molecule has 0 amide bonds. The second-order valence-electron chi connectivity index (χ2n) is 4.54. The van der Waals surface area contributed by atoms with Gasteiger partial charge in [0.15, 0.2) is 0 Å². The van der Waals surface area contributed by atoms with Crippen molar-refractivity contribution in [1.29, 1.82) is 0 Å². The fourth-order valence-electron chi connectivity index (χ4n) is 2.12. The summed E-state index contributed by atoms with van der Waals surface area (Å²) in [5, 5.41) is 0. The Morgan fingerprint density at radius 1 is 1.39 bits per heavy atom. The first-order valence-electron chi connectivity index (χ1n) is 6.38. The molecule has 1 aromatic rings. The average Bonchev–Trinajstić information content (AvgIpc) is 2.39. The van der Waals surface area contributed by atoms with E-state index < -0.39 is 10.8 Å². The molecule has 1 aliphatic heterocycles. The van der Waals surface area contributed by atoms with Gasteiger partial charge in [-0.15, -0.1) is 11.6 Å². The normalized spacial score (nSPS) is 17.1. The summed E-state index contributed by atoms with van der Waals surface area (Å²) >= 11 is 5.94. The zero-order valence-corrected chi connectivity index (χ0v) is 12.3. The third-order valence-corrected chi connectivity index (χ3v) is 4.67. The van der Waals surface area contributed by atoms with Crippen molar-refractivity contribution in [3.05, 3.63) is 23.4 Å². The summed E-state index contributed by atoms with van der Waals surface area (Å²) in [4.78, 5) is 6.91. The Hall–Kier alpha value is -0.610. The van der Waals surface area contributed by atoms with Gasteiger partial charge in [0.05, 0.1) is 0 Å². The molecule has 100 valence electrons. The Morgan fingerprint density at radius 2 is 2.11 bits per heavy atom. The third kappa shape index (κ3) is 3.45. The van der Waals surface area contributed by atoms with Crippen LogP contribution in [-0.2, 0) is 23.1 Å². The smallest absolute Gasteiger partial charge is 0.129 e. The van der Waals surface area contributed by atoms with Crippen LogP contribution in [0.2, 0.25) is 0 Å². The van der Waals surface area contributed by atoms with Gasteiger partial charge in [-0.2, -0.15) is 0 Å². The maximum absolute atomic E-state index is 11.4. The quantitative estimate of drug-likeness (QED) is 0.797. The van der Waals surface area contributed by atoms with E-state index in [0.29, 0.717) is 5.88 Å². The predicted molar refractivity (Wildman–Crippen MR) is 77.9 cm³/mol. The molecule has 2 heterocycles. The lowest BCUT2D eigenvalue weighted by Crippen LogP contribution is -2.38. The van der Waals surface area contributed by atoms with Crippen LogP contribution >= 0.6 is 11.6 Å². The number of halogens is 1. The molecule has 5 heteroatoms. The van der Waals surface area contributed by atoms with Crippen molar-refractivity contribution in [2.75, 3.05) is 29.5 Å². The van der Waals surface area contributed by atoms with E-state index in [1.54, 1.807) is 0 Å². The minimum Gasteiger partial charge on any atom is -0.355 e. The first kappa shape index (κ1) is 13.8. The van der Waals surface area contributed by atoms with Crippen LogP contribution < -0.4 is 4.90 Å².